The maximum atomic E-state index is 12.4. The minimum Gasteiger partial charge on any atom is -0.397 e. The number of rotatable bonds is 5. The van der Waals surface area contributed by atoms with E-state index in [2.05, 4.69) is 10.5 Å². The molecule has 0 radical (unpaired) electrons. The zero-order valence-corrected chi connectivity index (χ0v) is 14.5. The first-order valence-electron chi connectivity index (χ1n) is 7.81. The van der Waals surface area contributed by atoms with Crippen molar-refractivity contribution in [3.8, 4) is 0 Å². The predicted molar refractivity (Wildman–Crippen MR) is 90.0 cm³/mol. The molecule has 130 valence electrons. The molecule has 3 N–H and O–H groups in total. The second-order valence-corrected chi connectivity index (χ2v) is 6.72. The second-order valence-electron chi connectivity index (χ2n) is 5.80. The number of nitrogens with one attached hydrogen (secondary N) is 1. The predicted octanol–water partition coefficient (Wildman–Crippen LogP) is 2.04. The van der Waals surface area contributed by atoms with Gasteiger partial charge < -0.3 is 25.0 Å². The standard InChI is InChI=1S/C16H21N3O4S/c1-9-11(10(2)23-19-9)7-22-14-8-21-5-3-13(14)18-16(20)15-12(17)4-6-24-15/h4,6,13-14H,3,5,7-8,17H2,1-2H3,(H,18,20)/t13-,14-/m1/s1. The zero-order chi connectivity index (χ0) is 17.1. The maximum absolute atomic E-state index is 12.4. The highest BCUT2D eigenvalue weighted by molar-refractivity contribution is 7.12. The summed E-state index contributed by atoms with van der Waals surface area (Å²) in [5.74, 6) is 0.580. The minimum atomic E-state index is -0.224. The van der Waals surface area contributed by atoms with E-state index < -0.39 is 0 Å². The van der Waals surface area contributed by atoms with Crippen molar-refractivity contribution in [2.24, 2.45) is 0 Å². The van der Waals surface area contributed by atoms with Crippen molar-refractivity contribution in [2.75, 3.05) is 18.9 Å². The number of anilines is 1. The van der Waals surface area contributed by atoms with Crippen molar-refractivity contribution in [1.82, 2.24) is 10.5 Å². The lowest BCUT2D eigenvalue weighted by Crippen LogP contribution is -2.49. The number of carbonyl (C=O) groups excluding carboxylic acids is 1. The van der Waals surface area contributed by atoms with Crippen LogP contribution in [0.15, 0.2) is 16.0 Å². The molecule has 0 aromatic carbocycles. The normalized spacial score (nSPS) is 20.9. The molecule has 7 nitrogen and oxygen atoms in total. The molecule has 1 fully saturated rings. The quantitative estimate of drug-likeness (QED) is 0.855. The van der Waals surface area contributed by atoms with Crippen LogP contribution in [0.1, 0.15) is 33.1 Å². The number of aryl methyl sites for hydroxylation is 2. The lowest BCUT2D eigenvalue weighted by Gasteiger charge is -2.32. The minimum absolute atomic E-state index is 0.117. The Bertz CT molecular complexity index is 692. The van der Waals surface area contributed by atoms with Gasteiger partial charge in [0.25, 0.3) is 5.91 Å². The number of amides is 1. The highest BCUT2D eigenvalue weighted by Crippen LogP contribution is 2.21. The van der Waals surface area contributed by atoms with E-state index in [4.69, 9.17) is 19.7 Å². The summed E-state index contributed by atoms with van der Waals surface area (Å²) in [5.41, 5.74) is 8.07. The Labute approximate surface area is 144 Å². The molecule has 2 aromatic rings. The van der Waals surface area contributed by atoms with Crippen LogP contribution in [0.3, 0.4) is 0 Å². The Kier molecular flexibility index (Phi) is 5.17. The summed E-state index contributed by atoms with van der Waals surface area (Å²) in [4.78, 5) is 12.9. The molecule has 1 saturated heterocycles. The van der Waals surface area contributed by atoms with Crippen LogP contribution in [-0.4, -0.2) is 36.4 Å². The molecule has 0 unspecified atom stereocenters. The molecule has 1 amide bonds. The molecule has 2 aromatic heterocycles. The van der Waals surface area contributed by atoms with Crippen molar-refractivity contribution in [3.05, 3.63) is 33.3 Å². The molecule has 2 atom stereocenters. The van der Waals surface area contributed by atoms with Crippen LogP contribution >= 0.6 is 11.3 Å². The van der Waals surface area contributed by atoms with E-state index in [9.17, 15) is 4.79 Å². The van der Waals surface area contributed by atoms with Gasteiger partial charge in [0, 0.05) is 12.2 Å². The molecule has 24 heavy (non-hydrogen) atoms. The van der Waals surface area contributed by atoms with E-state index in [0.29, 0.717) is 36.8 Å². The molecular weight excluding hydrogens is 330 g/mol. The number of hydrogen-bond acceptors (Lipinski definition) is 7. The van der Waals surface area contributed by atoms with Gasteiger partial charge in [-0.05, 0) is 31.7 Å². The van der Waals surface area contributed by atoms with Gasteiger partial charge in [-0.15, -0.1) is 11.3 Å². The molecule has 0 spiro atoms. The third-order valence-electron chi connectivity index (χ3n) is 4.15. The number of ether oxygens (including phenoxy) is 2. The summed E-state index contributed by atoms with van der Waals surface area (Å²) in [5, 5.41) is 8.75. The number of aromatic nitrogens is 1. The largest absolute Gasteiger partial charge is 0.397 e. The van der Waals surface area contributed by atoms with Gasteiger partial charge in [0.1, 0.15) is 16.7 Å². The molecule has 1 aliphatic rings. The van der Waals surface area contributed by atoms with E-state index in [1.54, 1.807) is 11.4 Å². The topological polar surface area (TPSA) is 99.6 Å². The third-order valence-corrected chi connectivity index (χ3v) is 5.07. The number of nitrogens with zero attached hydrogens (tertiary/aromatic N) is 1. The summed E-state index contributed by atoms with van der Waals surface area (Å²) in [6.07, 6.45) is 0.473. The average Bonchev–Trinajstić information content (AvgIpc) is 3.13. The van der Waals surface area contributed by atoms with Crippen LogP contribution in [0.4, 0.5) is 5.69 Å². The lowest BCUT2D eigenvalue weighted by molar-refractivity contribution is -0.0738. The van der Waals surface area contributed by atoms with Crippen LogP contribution in [0, 0.1) is 13.8 Å². The molecule has 0 aliphatic carbocycles. The van der Waals surface area contributed by atoms with Crippen LogP contribution in [-0.2, 0) is 16.1 Å². The second kappa shape index (κ2) is 7.33. The summed E-state index contributed by atoms with van der Waals surface area (Å²) < 4.78 is 16.6. The smallest absolute Gasteiger partial charge is 0.263 e. The van der Waals surface area contributed by atoms with Gasteiger partial charge in [-0.1, -0.05) is 5.16 Å². The first-order chi connectivity index (χ1) is 11.6. The Hall–Kier alpha value is -1.90. The molecule has 8 heteroatoms. The van der Waals surface area contributed by atoms with Crippen molar-refractivity contribution >= 4 is 22.9 Å². The number of thiophene rings is 1. The van der Waals surface area contributed by atoms with Crippen molar-refractivity contribution in [2.45, 2.75) is 39.0 Å². The van der Waals surface area contributed by atoms with Crippen LogP contribution in [0.5, 0.6) is 0 Å². The Balaban J connectivity index is 1.63. The van der Waals surface area contributed by atoms with Gasteiger partial charge >= 0.3 is 0 Å². The van der Waals surface area contributed by atoms with Gasteiger partial charge in [0.2, 0.25) is 0 Å². The monoisotopic (exact) mass is 351 g/mol. The van der Waals surface area contributed by atoms with E-state index in [1.165, 1.54) is 11.3 Å². The molecule has 3 rings (SSSR count). The van der Waals surface area contributed by atoms with Gasteiger partial charge in [-0.25, -0.2) is 0 Å². The first kappa shape index (κ1) is 16.9. The van der Waals surface area contributed by atoms with Gasteiger partial charge in [-0.3, -0.25) is 4.79 Å². The Morgan fingerprint density at radius 2 is 2.38 bits per heavy atom. The molecule has 3 heterocycles. The van der Waals surface area contributed by atoms with Gasteiger partial charge in [0.05, 0.1) is 30.6 Å². The maximum Gasteiger partial charge on any atom is 0.263 e. The van der Waals surface area contributed by atoms with Gasteiger partial charge in [0.15, 0.2) is 0 Å². The van der Waals surface area contributed by atoms with Crippen molar-refractivity contribution in [3.63, 3.8) is 0 Å². The van der Waals surface area contributed by atoms with E-state index in [-0.39, 0.29) is 18.1 Å². The Morgan fingerprint density at radius 3 is 3.04 bits per heavy atom. The summed E-state index contributed by atoms with van der Waals surface area (Å²) in [7, 11) is 0. The molecule has 1 aliphatic heterocycles. The van der Waals surface area contributed by atoms with E-state index >= 15 is 0 Å². The summed E-state index contributed by atoms with van der Waals surface area (Å²) in [6.45, 7) is 5.15. The fraction of sp³-hybridized carbons (Fsp3) is 0.500. The highest BCUT2D eigenvalue weighted by Gasteiger charge is 2.29. The third kappa shape index (κ3) is 3.61. The van der Waals surface area contributed by atoms with Crippen molar-refractivity contribution < 1.29 is 18.8 Å². The lowest BCUT2D eigenvalue weighted by atomic mass is 10.1. The molecule has 0 saturated carbocycles. The van der Waals surface area contributed by atoms with Crippen LogP contribution in [0.25, 0.3) is 0 Å². The van der Waals surface area contributed by atoms with E-state index in [0.717, 1.165) is 17.0 Å². The van der Waals surface area contributed by atoms with Crippen LogP contribution in [0.2, 0.25) is 0 Å². The van der Waals surface area contributed by atoms with Crippen LogP contribution < -0.4 is 11.1 Å². The summed E-state index contributed by atoms with van der Waals surface area (Å²) in [6, 6.07) is 1.61. The van der Waals surface area contributed by atoms with Gasteiger partial charge in [-0.2, -0.15) is 0 Å². The number of nitrogen functional groups attached to an aromatic ring is 1. The SMILES string of the molecule is Cc1noc(C)c1CO[C@@H]1COCC[C@H]1NC(=O)c1sccc1N. The zero-order valence-electron chi connectivity index (χ0n) is 13.7. The fourth-order valence-electron chi connectivity index (χ4n) is 2.68. The average molecular weight is 351 g/mol. The summed E-state index contributed by atoms with van der Waals surface area (Å²) >= 11 is 1.33. The van der Waals surface area contributed by atoms with E-state index in [1.807, 2.05) is 13.8 Å². The molecular formula is C16H21N3O4S. The van der Waals surface area contributed by atoms with Crippen molar-refractivity contribution in [1.29, 1.82) is 0 Å². The number of hydrogen-bond donors (Lipinski definition) is 2. The number of nitrogens with two attached hydrogens (primary N) is 1. The fourth-order valence-corrected chi connectivity index (χ4v) is 3.40. The molecule has 0 bridgehead atoms. The first-order valence-corrected chi connectivity index (χ1v) is 8.69. The Morgan fingerprint density at radius 1 is 1.54 bits per heavy atom. The highest BCUT2D eigenvalue weighted by atomic mass is 32.1. The number of carbonyl (C=O) groups is 1.